The molecule has 18 heavy (non-hydrogen) atoms. The Kier molecular flexibility index (Phi) is 3.82. The molecule has 2 aromatic carbocycles. The monoisotopic (exact) mass is 267 g/mol. The first kappa shape index (κ1) is 12.8. The number of hydrogen-bond donors (Lipinski definition) is 1. The Balaban J connectivity index is 2.25. The average Bonchev–Trinajstić information content (AvgIpc) is 2.28. The molecule has 0 fully saturated rings. The highest BCUT2D eigenvalue weighted by Crippen LogP contribution is 2.25. The first-order valence-corrected chi connectivity index (χ1v) is 5.91. The average molecular weight is 268 g/mol. The Morgan fingerprint density at radius 1 is 1.06 bits per heavy atom. The third-order valence-corrected chi connectivity index (χ3v) is 2.88. The number of hydrogen-bond acceptors (Lipinski definition) is 1. The van der Waals surface area contributed by atoms with Gasteiger partial charge >= 0.3 is 0 Å². The fourth-order valence-corrected chi connectivity index (χ4v) is 2.02. The zero-order valence-corrected chi connectivity index (χ0v) is 10.5. The standard InChI is InChI=1S/C14H12ClF2N/c1-9(14-12(16)6-3-7-13(14)17)18-11-5-2-4-10(15)8-11/h2-9,18H,1H3. The maximum Gasteiger partial charge on any atom is 0.131 e. The Bertz CT molecular complexity index is 537. The van der Waals surface area contributed by atoms with E-state index in [0.29, 0.717) is 5.02 Å². The molecule has 4 heteroatoms. The van der Waals surface area contributed by atoms with E-state index < -0.39 is 17.7 Å². The number of nitrogens with one attached hydrogen (secondary N) is 1. The maximum atomic E-state index is 13.6. The molecule has 0 heterocycles. The van der Waals surface area contributed by atoms with Gasteiger partial charge in [0.15, 0.2) is 0 Å². The zero-order valence-electron chi connectivity index (χ0n) is 9.75. The van der Waals surface area contributed by atoms with Gasteiger partial charge in [0, 0.05) is 16.3 Å². The Labute approximate surface area is 109 Å². The maximum absolute atomic E-state index is 13.6. The van der Waals surface area contributed by atoms with Gasteiger partial charge in [-0.3, -0.25) is 0 Å². The highest BCUT2D eigenvalue weighted by Gasteiger charge is 2.15. The second kappa shape index (κ2) is 5.36. The number of anilines is 1. The van der Waals surface area contributed by atoms with E-state index in [1.807, 2.05) is 0 Å². The summed E-state index contributed by atoms with van der Waals surface area (Å²) in [6.45, 7) is 1.70. The minimum atomic E-state index is -0.558. The lowest BCUT2D eigenvalue weighted by Crippen LogP contribution is -2.10. The van der Waals surface area contributed by atoms with Crippen molar-refractivity contribution in [3.63, 3.8) is 0 Å². The van der Waals surface area contributed by atoms with E-state index in [1.54, 1.807) is 31.2 Å². The van der Waals surface area contributed by atoms with Crippen molar-refractivity contribution in [2.24, 2.45) is 0 Å². The highest BCUT2D eigenvalue weighted by molar-refractivity contribution is 6.30. The summed E-state index contributed by atoms with van der Waals surface area (Å²) in [5.41, 5.74) is 0.745. The summed E-state index contributed by atoms with van der Waals surface area (Å²) >= 11 is 5.85. The van der Waals surface area contributed by atoms with Gasteiger partial charge in [0.25, 0.3) is 0 Å². The van der Waals surface area contributed by atoms with Crippen molar-refractivity contribution >= 4 is 17.3 Å². The molecule has 0 aliphatic rings. The molecule has 0 radical (unpaired) electrons. The molecule has 0 spiro atoms. The molecular weight excluding hydrogens is 256 g/mol. The molecule has 0 amide bonds. The second-order valence-corrected chi connectivity index (χ2v) is 4.45. The van der Waals surface area contributed by atoms with Crippen LogP contribution in [-0.2, 0) is 0 Å². The fourth-order valence-electron chi connectivity index (χ4n) is 1.82. The summed E-state index contributed by atoms with van der Waals surface area (Å²) in [6, 6.07) is 10.4. The van der Waals surface area contributed by atoms with Crippen LogP contribution in [0.2, 0.25) is 5.02 Å². The molecule has 1 atom stereocenters. The van der Waals surface area contributed by atoms with Crippen LogP contribution >= 0.6 is 11.6 Å². The third-order valence-electron chi connectivity index (χ3n) is 2.64. The SMILES string of the molecule is CC(Nc1cccc(Cl)c1)c1c(F)cccc1F. The van der Waals surface area contributed by atoms with Crippen molar-refractivity contribution in [3.8, 4) is 0 Å². The molecule has 0 aliphatic heterocycles. The van der Waals surface area contributed by atoms with E-state index in [9.17, 15) is 8.78 Å². The number of benzene rings is 2. The van der Waals surface area contributed by atoms with Gasteiger partial charge in [-0.15, -0.1) is 0 Å². The minimum absolute atomic E-state index is 0.0254. The van der Waals surface area contributed by atoms with Crippen LogP contribution in [0, 0.1) is 11.6 Å². The summed E-state index contributed by atoms with van der Waals surface area (Å²) in [5, 5.41) is 3.59. The lowest BCUT2D eigenvalue weighted by Gasteiger charge is -2.17. The van der Waals surface area contributed by atoms with Gasteiger partial charge in [0.1, 0.15) is 11.6 Å². The van der Waals surface area contributed by atoms with Crippen LogP contribution in [0.15, 0.2) is 42.5 Å². The topological polar surface area (TPSA) is 12.0 Å². The molecule has 1 unspecified atom stereocenters. The van der Waals surface area contributed by atoms with Crippen LogP contribution in [0.5, 0.6) is 0 Å². The van der Waals surface area contributed by atoms with E-state index >= 15 is 0 Å². The van der Waals surface area contributed by atoms with Crippen molar-refractivity contribution in [3.05, 3.63) is 64.7 Å². The van der Waals surface area contributed by atoms with Crippen LogP contribution < -0.4 is 5.32 Å². The van der Waals surface area contributed by atoms with Gasteiger partial charge in [-0.05, 0) is 37.3 Å². The van der Waals surface area contributed by atoms with E-state index in [0.717, 1.165) is 5.69 Å². The Morgan fingerprint density at radius 2 is 1.67 bits per heavy atom. The van der Waals surface area contributed by atoms with Crippen LogP contribution in [0.3, 0.4) is 0 Å². The van der Waals surface area contributed by atoms with Crippen molar-refractivity contribution in [2.75, 3.05) is 5.32 Å². The largest absolute Gasteiger partial charge is 0.378 e. The summed E-state index contributed by atoms with van der Waals surface area (Å²) in [5.74, 6) is -1.12. The van der Waals surface area contributed by atoms with Crippen LogP contribution in [-0.4, -0.2) is 0 Å². The third kappa shape index (κ3) is 2.79. The molecular formula is C14H12ClF2N. The molecule has 2 aromatic rings. The molecule has 0 saturated carbocycles. The van der Waals surface area contributed by atoms with Crippen molar-refractivity contribution in [2.45, 2.75) is 13.0 Å². The van der Waals surface area contributed by atoms with E-state index in [2.05, 4.69) is 5.32 Å². The van der Waals surface area contributed by atoms with Crippen molar-refractivity contribution < 1.29 is 8.78 Å². The Morgan fingerprint density at radius 3 is 2.28 bits per heavy atom. The Hall–Kier alpha value is -1.61. The molecule has 1 N–H and O–H groups in total. The molecule has 0 aliphatic carbocycles. The molecule has 2 rings (SSSR count). The van der Waals surface area contributed by atoms with E-state index in [1.165, 1.54) is 18.2 Å². The van der Waals surface area contributed by atoms with Gasteiger partial charge in [-0.1, -0.05) is 23.7 Å². The van der Waals surface area contributed by atoms with Gasteiger partial charge in [0.2, 0.25) is 0 Å². The lowest BCUT2D eigenvalue weighted by atomic mass is 10.1. The summed E-state index contributed by atoms with van der Waals surface area (Å²) < 4.78 is 27.2. The summed E-state index contributed by atoms with van der Waals surface area (Å²) in [7, 11) is 0. The van der Waals surface area contributed by atoms with Crippen molar-refractivity contribution in [1.82, 2.24) is 0 Å². The van der Waals surface area contributed by atoms with Crippen LogP contribution in [0.4, 0.5) is 14.5 Å². The van der Waals surface area contributed by atoms with Crippen LogP contribution in [0.25, 0.3) is 0 Å². The van der Waals surface area contributed by atoms with Crippen molar-refractivity contribution in [1.29, 1.82) is 0 Å². The lowest BCUT2D eigenvalue weighted by molar-refractivity contribution is 0.544. The zero-order chi connectivity index (χ0) is 13.1. The van der Waals surface area contributed by atoms with Gasteiger partial charge in [0.05, 0.1) is 6.04 Å². The quantitative estimate of drug-likeness (QED) is 0.843. The predicted octanol–water partition coefficient (Wildman–Crippen LogP) is 4.79. The first-order chi connectivity index (χ1) is 8.58. The number of rotatable bonds is 3. The summed E-state index contributed by atoms with van der Waals surface area (Å²) in [6.07, 6.45) is 0. The van der Waals surface area contributed by atoms with Gasteiger partial charge in [-0.2, -0.15) is 0 Å². The van der Waals surface area contributed by atoms with Gasteiger partial charge < -0.3 is 5.32 Å². The van der Waals surface area contributed by atoms with E-state index in [4.69, 9.17) is 11.6 Å². The molecule has 0 saturated heterocycles. The summed E-state index contributed by atoms with van der Waals surface area (Å²) in [4.78, 5) is 0. The smallest absolute Gasteiger partial charge is 0.131 e. The highest BCUT2D eigenvalue weighted by atomic mass is 35.5. The number of halogens is 3. The second-order valence-electron chi connectivity index (χ2n) is 4.01. The molecule has 94 valence electrons. The van der Waals surface area contributed by atoms with Gasteiger partial charge in [-0.25, -0.2) is 8.78 Å². The molecule has 0 aromatic heterocycles. The molecule has 0 bridgehead atoms. The fraction of sp³-hybridized carbons (Fsp3) is 0.143. The first-order valence-electron chi connectivity index (χ1n) is 5.54. The van der Waals surface area contributed by atoms with Crippen LogP contribution in [0.1, 0.15) is 18.5 Å². The molecule has 1 nitrogen and oxygen atoms in total. The normalized spacial score (nSPS) is 12.2. The minimum Gasteiger partial charge on any atom is -0.378 e. The van der Waals surface area contributed by atoms with E-state index in [-0.39, 0.29) is 5.56 Å². The predicted molar refractivity (Wildman–Crippen MR) is 69.8 cm³/mol.